The summed E-state index contributed by atoms with van der Waals surface area (Å²) in [6.45, 7) is 5.74. The zero-order valence-electron chi connectivity index (χ0n) is 14.6. The van der Waals surface area contributed by atoms with Crippen molar-refractivity contribution < 1.29 is 9.53 Å². The van der Waals surface area contributed by atoms with Gasteiger partial charge in [-0.2, -0.15) is 0 Å². The highest BCUT2D eigenvalue weighted by molar-refractivity contribution is 7.09. The largest absolute Gasteiger partial charge is 0.496 e. The molecule has 2 aromatic rings. The molecule has 0 unspecified atom stereocenters. The smallest absolute Gasteiger partial charge is 0.257 e. The first kappa shape index (κ1) is 17.7. The van der Waals surface area contributed by atoms with E-state index in [-0.39, 0.29) is 11.5 Å². The SMILES string of the molecule is CCN1CCc2c(C(=O)NCc3cccs3)c(OC)cc(=O)n2CC1. The number of thiophene rings is 1. The van der Waals surface area contributed by atoms with Crippen molar-refractivity contribution in [1.29, 1.82) is 0 Å². The molecule has 1 N–H and O–H groups in total. The van der Waals surface area contributed by atoms with Gasteiger partial charge in [-0.3, -0.25) is 9.59 Å². The van der Waals surface area contributed by atoms with Crippen molar-refractivity contribution in [3.63, 3.8) is 0 Å². The fourth-order valence-corrected chi connectivity index (χ4v) is 3.83. The van der Waals surface area contributed by atoms with Gasteiger partial charge in [-0.05, 0) is 18.0 Å². The lowest BCUT2D eigenvalue weighted by Crippen LogP contribution is -2.31. The predicted molar refractivity (Wildman–Crippen MR) is 98.6 cm³/mol. The van der Waals surface area contributed by atoms with Gasteiger partial charge >= 0.3 is 0 Å². The number of nitrogens with zero attached hydrogens (tertiary/aromatic N) is 2. The monoisotopic (exact) mass is 361 g/mol. The third-order valence-corrected chi connectivity index (χ3v) is 5.46. The van der Waals surface area contributed by atoms with Crippen LogP contribution in [-0.4, -0.2) is 42.1 Å². The molecule has 3 heterocycles. The Balaban J connectivity index is 1.94. The molecule has 0 fully saturated rings. The van der Waals surface area contributed by atoms with Crippen LogP contribution in [0.1, 0.15) is 27.9 Å². The number of methoxy groups -OCH3 is 1. The number of pyridine rings is 1. The van der Waals surface area contributed by atoms with Crippen molar-refractivity contribution in [3.8, 4) is 5.75 Å². The van der Waals surface area contributed by atoms with E-state index in [0.29, 0.717) is 30.8 Å². The molecule has 6 nitrogen and oxygen atoms in total. The number of hydrogen-bond acceptors (Lipinski definition) is 5. The van der Waals surface area contributed by atoms with E-state index in [4.69, 9.17) is 4.74 Å². The Morgan fingerprint density at radius 1 is 1.36 bits per heavy atom. The summed E-state index contributed by atoms with van der Waals surface area (Å²) in [6.07, 6.45) is 0.655. The standard InChI is InChI=1S/C18H23N3O3S/c1-3-20-7-6-14-17(18(23)19-12-13-5-4-10-25-13)15(24-2)11-16(22)21(14)9-8-20/h4-5,10-11H,3,6-9,12H2,1-2H3,(H,19,23). The Kier molecular flexibility index (Phi) is 5.55. The molecule has 134 valence electrons. The molecule has 2 aromatic heterocycles. The number of likely N-dealkylation sites (N-methyl/N-ethyl adjacent to an activating group) is 1. The average Bonchev–Trinajstić information content (AvgIpc) is 3.04. The molecule has 1 amide bonds. The maximum Gasteiger partial charge on any atom is 0.257 e. The number of carbonyl (C=O) groups excluding carboxylic acids is 1. The molecule has 1 aliphatic heterocycles. The van der Waals surface area contributed by atoms with Crippen molar-refractivity contribution >= 4 is 17.2 Å². The highest BCUT2D eigenvalue weighted by Crippen LogP contribution is 2.23. The van der Waals surface area contributed by atoms with Crippen molar-refractivity contribution in [3.05, 3.63) is 50.1 Å². The van der Waals surface area contributed by atoms with E-state index in [1.165, 1.54) is 13.2 Å². The second-order valence-electron chi connectivity index (χ2n) is 5.97. The van der Waals surface area contributed by atoms with Crippen LogP contribution in [0, 0.1) is 0 Å². The average molecular weight is 361 g/mol. The van der Waals surface area contributed by atoms with Gasteiger partial charge in [-0.25, -0.2) is 0 Å². The lowest BCUT2D eigenvalue weighted by Gasteiger charge is -2.17. The van der Waals surface area contributed by atoms with Crippen molar-refractivity contribution in [1.82, 2.24) is 14.8 Å². The zero-order valence-corrected chi connectivity index (χ0v) is 15.4. The number of nitrogens with one attached hydrogen (secondary N) is 1. The first-order chi connectivity index (χ1) is 12.1. The summed E-state index contributed by atoms with van der Waals surface area (Å²) in [6, 6.07) is 5.36. The molecule has 0 radical (unpaired) electrons. The molecule has 25 heavy (non-hydrogen) atoms. The molecular formula is C18H23N3O3S. The van der Waals surface area contributed by atoms with E-state index in [9.17, 15) is 9.59 Å². The van der Waals surface area contributed by atoms with Crippen LogP contribution in [0.15, 0.2) is 28.4 Å². The molecule has 0 aromatic carbocycles. The van der Waals surface area contributed by atoms with E-state index < -0.39 is 0 Å². The minimum atomic E-state index is -0.195. The molecule has 0 saturated heterocycles. The van der Waals surface area contributed by atoms with Crippen LogP contribution in [-0.2, 0) is 19.5 Å². The predicted octanol–water partition coefficient (Wildman–Crippen LogP) is 1.73. The van der Waals surface area contributed by atoms with Crippen LogP contribution in [0.25, 0.3) is 0 Å². The summed E-state index contributed by atoms with van der Waals surface area (Å²) >= 11 is 1.60. The van der Waals surface area contributed by atoms with Crippen LogP contribution in [0.4, 0.5) is 0 Å². The normalized spacial score (nSPS) is 14.6. The highest BCUT2D eigenvalue weighted by Gasteiger charge is 2.24. The van der Waals surface area contributed by atoms with E-state index >= 15 is 0 Å². The van der Waals surface area contributed by atoms with Gasteiger partial charge in [0.15, 0.2) is 0 Å². The number of ether oxygens (including phenoxy) is 1. The van der Waals surface area contributed by atoms with Crippen LogP contribution < -0.4 is 15.6 Å². The molecule has 3 rings (SSSR count). The fourth-order valence-electron chi connectivity index (χ4n) is 3.18. The van der Waals surface area contributed by atoms with Crippen LogP contribution in [0.2, 0.25) is 0 Å². The molecule has 0 bridgehead atoms. The second kappa shape index (κ2) is 7.84. The topological polar surface area (TPSA) is 63.6 Å². The Bertz CT molecular complexity index is 799. The minimum absolute atomic E-state index is 0.111. The molecule has 0 spiro atoms. The zero-order chi connectivity index (χ0) is 17.8. The third kappa shape index (κ3) is 3.77. The molecule has 0 saturated carbocycles. The van der Waals surface area contributed by atoms with Gasteiger partial charge in [0.2, 0.25) is 0 Å². The highest BCUT2D eigenvalue weighted by atomic mass is 32.1. The second-order valence-corrected chi connectivity index (χ2v) is 7.00. The maximum atomic E-state index is 12.9. The van der Waals surface area contributed by atoms with Gasteiger partial charge < -0.3 is 19.5 Å². The Hall–Kier alpha value is -2.12. The van der Waals surface area contributed by atoms with E-state index in [1.54, 1.807) is 15.9 Å². The summed E-state index contributed by atoms with van der Waals surface area (Å²) in [5, 5.41) is 4.94. The number of aromatic nitrogens is 1. The molecular weight excluding hydrogens is 338 g/mol. The fraction of sp³-hybridized carbons (Fsp3) is 0.444. The van der Waals surface area contributed by atoms with Crippen molar-refractivity contribution in [2.75, 3.05) is 26.7 Å². The number of fused-ring (bicyclic) bond motifs is 1. The molecule has 0 atom stereocenters. The first-order valence-electron chi connectivity index (χ1n) is 8.47. The number of carbonyl (C=O) groups is 1. The van der Waals surface area contributed by atoms with E-state index in [0.717, 1.165) is 30.2 Å². The Morgan fingerprint density at radius 2 is 2.20 bits per heavy atom. The Labute approximate surface area is 151 Å². The third-order valence-electron chi connectivity index (χ3n) is 4.58. The first-order valence-corrected chi connectivity index (χ1v) is 9.35. The lowest BCUT2D eigenvalue weighted by molar-refractivity contribution is 0.0946. The summed E-state index contributed by atoms with van der Waals surface area (Å²) in [7, 11) is 1.50. The van der Waals surface area contributed by atoms with Crippen LogP contribution in [0.5, 0.6) is 5.75 Å². The van der Waals surface area contributed by atoms with Gasteiger partial charge in [-0.15, -0.1) is 11.3 Å². The maximum absolute atomic E-state index is 12.9. The Morgan fingerprint density at radius 3 is 2.88 bits per heavy atom. The van der Waals surface area contributed by atoms with E-state index in [2.05, 4.69) is 17.1 Å². The van der Waals surface area contributed by atoms with Crippen LogP contribution >= 0.6 is 11.3 Å². The van der Waals surface area contributed by atoms with Gasteiger partial charge in [0, 0.05) is 42.7 Å². The summed E-state index contributed by atoms with van der Waals surface area (Å²) in [5.41, 5.74) is 1.14. The number of amides is 1. The quantitative estimate of drug-likeness (QED) is 0.881. The summed E-state index contributed by atoms with van der Waals surface area (Å²) in [4.78, 5) is 28.7. The molecule has 7 heteroatoms. The molecule has 0 aliphatic carbocycles. The summed E-state index contributed by atoms with van der Waals surface area (Å²) in [5.74, 6) is 0.156. The molecule has 1 aliphatic rings. The number of rotatable bonds is 5. The lowest BCUT2D eigenvalue weighted by atomic mass is 10.1. The number of hydrogen-bond donors (Lipinski definition) is 1. The summed E-state index contributed by atoms with van der Waals surface area (Å²) < 4.78 is 7.08. The van der Waals surface area contributed by atoms with E-state index in [1.807, 2.05) is 17.5 Å². The minimum Gasteiger partial charge on any atom is -0.496 e. The van der Waals surface area contributed by atoms with Gasteiger partial charge in [0.1, 0.15) is 11.3 Å². The van der Waals surface area contributed by atoms with Gasteiger partial charge in [-0.1, -0.05) is 13.0 Å². The van der Waals surface area contributed by atoms with Crippen molar-refractivity contribution in [2.45, 2.75) is 26.4 Å². The van der Waals surface area contributed by atoms with Gasteiger partial charge in [0.05, 0.1) is 13.7 Å². The van der Waals surface area contributed by atoms with Crippen molar-refractivity contribution in [2.24, 2.45) is 0 Å². The van der Waals surface area contributed by atoms with Crippen LogP contribution in [0.3, 0.4) is 0 Å². The van der Waals surface area contributed by atoms with Gasteiger partial charge in [0.25, 0.3) is 11.5 Å².